The van der Waals surface area contributed by atoms with E-state index in [1.807, 2.05) is 42.5 Å². The summed E-state index contributed by atoms with van der Waals surface area (Å²) in [6, 6.07) is 23.8. The minimum absolute atomic E-state index is 0.0204. The van der Waals surface area contributed by atoms with Crippen molar-refractivity contribution in [2.75, 3.05) is 0 Å². The largest absolute Gasteiger partial charge is 0.455 e. The van der Waals surface area contributed by atoms with Crippen LogP contribution in [0.15, 0.2) is 186 Å². The lowest BCUT2D eigenvalue weighted by atomic mass is 9.83. The van der Waals surface area contributed by atoms with Crippen LogP contribution >= 0.6 is 0 Å². The summed E-state index contributed by atoms with van der Waals surface area (Å²) in [6.45, 7) is 0. The van der Waals surface area contributed by atoms with Crippen molar-refractivity contribution in [2.24, 2.45) is 0 Å². The average Bonchev–Trinajstić information content (AvgIpc) is 3.65. The molecule has 9 rings (SSSR count). The third-order valence-corrected chi connectivity index (χ3v) is 8.42. The smallest absolute Gasteiger partial charge is 0.143 e. The van der Waals surface area contributed by atoms with Crippen molar-refractivity contribution in [3.05, 3.63) is 182 Å². The van der Waals surface area contributed by atoms with Crippen molar-refractivity contribution in [2.45, 2.75) is 0 Å². The van der Waals surface area contributed by atoms with Gasteiger partial charge in [-0.25, -0.2) is 0 Å². The van der Waals surface area contributed by atoms with E-state index in [-0.39, 0.29) is 60.7 Å². The molecular weight excluding hydrogens is 569 g/mol. The van der Waals surface area contributed by atoms with Crippen LogP contribution in [-0.4, -0.2) is 0 Å². The minimum atomic E-state index is -0.565. The van der Waals surface area contributed by atoms with Crippen molar-refractivity contribution in [3.63, 3.8) is 0 Å². The number of rotatable bonds is 5. The predicted molar refractivity (Wildman–Crippen MR) is 198 cm³/mol. The van der Waals surface area contributed by atoms with Crippen molar-refractivity contribution in [1.82, 2.24) is 0 Å². The lowest BCUT2D eigenvalue weighted by molar-refractivity contribution is 0.632. The van der Waals surface area contributed by atoms with Gasteiger partial charge in [-0.2, -0.15) is 0 Å². The quantitative estimate of drug-likeness (QED) is 0.176. The minimum Gasteiger partial charge on any atom is -0.455 e. The Morgan fingerprint density at radius 3 is 1.53 bits per heavy atom. The van der Waals surface area contributed by atoms with Gasteiger partial charge in [0.25, 0.3) is 0 Å². The molecule has 220 valence electrons. The van der Waals surface area contributed by atoms with Crippen LogP contribution in [0, 0.1) is 0 Å². The highest BCUT2D eigenvalue weighted by molar-refractivity contribution is 6.25. The zero-order valence-corrected chi connectivity index (χ0v) is 24.7. The zero-order valence-electron chi connectivity index (χ0n) is 37.7. The molecule has 0 aliphatic carbocycles. The van der Waals surface area contributed by atoms with Crippen molar-refractivity contribution in [1.29, 1.82) is 0 Å². The highest BCUT2D eigenvalue weighted by atomic mass is 16.3. The Morgan fingerprint density at radius 1 is 0.362 bits per heavy atom. The molecule has 9 aromatic rings. The number of fused-ring (bicyclic) bond motifs is 3. The molecule has 47 heavy (non-hydrogen) atoms. The van der Waals surface area contributed by atoms with Gasteiger partial charge in [-0.3, -0.25) is 0 Å². The van der Waals surface area contributed by atoms with Crippen LogP contribution in [0.25, 0.3) is 88.3 Å². The molecule has 1 nitrogen and oxygen atoms in total. The Bertz CT molecular complexity index is 3180. The Kier molecular flexibility index (Phi) is 4.08. The molecular formula is C46H30O. The molecule has 0 fully saturated rings. The van der Waals surface area contributed by atoms with Gasteiger partial charge in [-0.1, -0.05) is 170 Å². The molecule has 0 N–H and O–H groups in total. The first-order chi connectivity index (χ1) is 28.7. The van der Waals surface area contributed by atoms with Gasteiger partial charge in [0, 0.05) is 22.1 Å². The summed E-state index contributed by atoms with van der Waals surface area (Å²) in [4.78, 5) is 0. The molecule has 0 amide bonds. The van der Waals surface area contributed by atoms with Gasteiger partial charge in [-0.15, -0.1) is 0 Å². The fourth-order valence-corrected chi connectivity index (χ4v) is 6.40. The summed E-state index contributed by atoms with van der Waals surface area (Å²) in [5.41, 5.74) is 3.32. The van der Waals surface area contributed by atoms with Gasteiger partial charge in [0.2, 0.25) is 0 Å². The van der Waals surface area contributed by atoms with Crippen LogP contribution in [-0.2, 0) is 0 Å². The molecule has 0 aliphatic rings. The molecule has 1 aromatic heterocycles. The molecule has 0 atom stereocenters. The molecule has 0 unspecified atom stereocenters. The van der Waals surface area contributed by atoms with E-state index in [0.717, 1.165) is 5.56 Å². The highest BCUT2D eigenvalue weighted by Crippen LogP contribution is 2.50. The summed E-state index contributed by atoms with van der Waals surface area (Å²) in [5, 5.41) is 0.297. The lowest BCUT2D eigenvalue weighted by Crippen LogP contribution is -1.93. The fourth-order valence-electron chi connectivity index (χ4n) is 6.40. The molecule has 0 spiro atoms. The molecule has 0 saturated carbocycles. The van der Waals surface area contributed by atoms with Crippen LogP contribution in [0.3, 0.4) is 0 Å². The SMILES string of the molecule is [2H]c1c([2H])c([2H])c(-c2ccc3oc(-c4ccccc4)c(-c4c5c([2H])c([2H])c([2H])c([2H])c5c(-c5ccccc5-c5ccccc5)c5c([2H])c([2H])c([2H])c([2H])c45)c3c2)c([2H])c1[2H]. The Balaban J connectivity index is 1.57. The molecule has 0 aliphatic heterocycles. The predicted octanol–water partition coefficient (Wildman–Crippen LogP) is 13.1. The average molecular weight is 612 g/mol. The number of hydrogen-bond acceptors (Lipinski definition) is 1. The fraction of sp³-hybridized carbons (Fsp3) is 0. The van der Waals surface area contributed by atoms with Crippen molar-refractivity contribution < 1.29 is 22.2 Å². The second kappa shape index (κ2) is 11.3. The van der Waals surface area contributed by atoms with E-state index >= 15 is 0 Å². The summed E-state index contributed by atoms with van der Waals surface area (Å²) in [7, 11) is 0. The molecule has 0 saturated heterocycles. The van der Waals surface area contributed by atoms with E-state index < -0.39 is 78.6 Å². The number of benzene rings is 8. The van der Waals surface area contributed by atoms with Gasteiger partial charge in [-0.05, 0) is 67.1 Å². The first kappa shape index (κ1) is 16.9. The molecule has 8 aromatic carbocycles. The van der Waals surface area contributed by atoms with E-state index in [9.17, 15) is 5.48 Å². The van der Waals surface area contributed by atoms with Crippen molar-refractivity contribution >= 4 is 32.5 Å². The van der Waals surface area contributed by atoms with Gasteiger partial charge in [0.05, 0.1) is 17.8 Å². The van der Waals surface area contributed by atoms with Crippen LogP contribution in [0.2, 0.25) is 0 Å². The third kappa shape index (κ3) is 4.56. The number of hydrogen-bond donors (Lipinski definition) is 0. The summed E-state index contributed by atoms with van der Waals surface area (Å²) < 4.78 is 123. The van der Waals surface area contributed by atoms with E-state index in [1.165, 1.54) is 0 Å². The summed E-state index contributed by atoms with van der Waals surface area (Å²) >= 11 is 0. The second-order valence-corrected chi connectivity index (χ2v) is 11.0. The Hall–Kier alpha value is -6.18. The maximum absolute atomic E-state index is 9.60. The second-order valence-electron chi connectivity index (χ2n) is 11.0. The molecule has 0 bridgehead atoms. The van der Waals surface area contributed by atoms with Crippen LogP contribution in [0.4, 0.5) is 0 Å². The monoisotopic (exact) mass is 611 g/mol. The normalized spacial score (nSPS) is 15.3. The number of furan rings is 1. The molecule has 1 heterocycles. The standard InChI is InChI=1S/C46H30O/c1-4-16-31(17-5-1)34-28-29-42-41(30-34)45(46(47-42)33-20-8-3-9-21-33)44-39-26-14-12-24-37(39)43(38-25-13-15-27-40(38)44)36-23-11-10-22-35(36)32-18-6-2-7-19-32/h1-30H/i1D,4D,5D,12D,13D,14D,15D,16D,17D,24D,25D,26D,27D. The van der Waals surface area contributed by atoms with Crippen molar-refractivity contribution in [3.8, 4) is 55.8 Å². The first-order valence-electron chi connectivity index (χ1n) is 21.5. The van der Waals surface area contributed by atoms with E-state index in [1.54, 1.807) is 60.7 Å². The first-order valence-corrected chi connectivity index (χ1v) is 15.0. The lowest BCUT2D eigenvalue weighted by Gasteiger charge is -2.20. The van der Waals surface area contributed by atoms with Gasteiger partial charge < -0.3 is 4.42 Å². The maximum Gasteiger partial charge on any atom is 0.143 e. The summed E-state index contributed by atoms with van der Waals surface area (Å²) in [6.07, 6.45) is 0. The van der Waals surface area contributed by atoms with E-state index in [2.05, 4.69) is 0 Å². The van der Waals surface area contributed by atoms with E-state index in [4.69, 9.17) is 16.8 Å². The third-order valence-electron chi connectivity index (χ3n) is 8.42. The molecule has 1 heteroatoms. The van der Waals surface area contributed by atoms with Gasteiger partial charge in [0.15, 0.2) is 0 Å². The van der Waals surface area contributed by atoms with Gasteiger partial charge in [0.1, 0.15) is 11.3 Å². The molecule has 0 radical (unpaired) electrons. The zero-order chi connectivity index (χ0) is 42.5. The summed E-state index contributed by atoms with van der Waals surface area (Å²) in [5.74, 6) is 0.212. The van der Waals surface area contributed by atoms with Crippen LogP contribution in [0.5, 0.6) is 0 Å². The van der Waals surface area contributed by atoms with Crippen LogP contribution in [0.1, 0.15) is 17.8 Å². The Labute approximate surface area is 292 Å². The Morgan fingerprint density at radius 2 is 0.894 bits per heavy atom. The topological polar surface area (TPSA) is 13.1 Å². The van der Waals surface area contributed by atoms with Gasteiger partial charge >= 0.3 is 0 Å². The maximum atomic E-state index is 9.60. The van der Waals surface area contributed by atoms with Crippen LogP contribution < -0.4 is 0 Å². The highest BCUT2D eigenvalue weighted by Gasteiger charge is 2.25. The van der Waals surface area contributed by atoms with E-state index in [0.29, 0.717) is 22.1 Å².